The molecule has 0 bridgehead atoms. The Bertz CT molecular complexity index is 1160. The minimum Gasteiger partial charge on any atom is -0.333 e. The van der Waals surface area contributed by atoms with Crippen molar-refractivity contribution >= 4 is 28.4 Å². The van der Waals surface area contributed by atoms with E-state index in [4.69, 9.17) is 4.98 Å². The first-order chi connectivity index (χ1) is 12.9. The second-order valence-corrected chi connectivity index (χ2v) is 7.07. The Morgan fingerprint density at radius 3 is 2.62 bits per heavy atom. The van der Waals surface area contributed by atoms with Gasteiger partial charge in [-0.3, -0.25) is 0 Å². The molecule has 126 valence electrons. The standard InChI is InChI=1S/C21H16N4S/c1-2-7-15(8-3-1)19-13-25-12-6-9-16(20(25)22-19)14-26-21-23-17-10-4-5-11-18(17)24-21/h1-13H,14H2,(H,23,24). The van der Waals surface area contributed by atoms with E-state index in [9.17, 15) is 0 Å². The van der Waals surface area contributed by atoms with E-state index in [2.05, 4.69) is 44.8 Å². The second-order valence-electron chi connectivity index (χ2n) is 6.10. The summed E-state index contributed by atoms with van der Waals surface area (Å²) in [4.78, 5) is 12.9. The summed E-state index contributed by atoms with van der Waals surface area (Å²) < 4.78 is 2.09. The number of para-hydroxylation sites is 2. The molecule has 0 radical (unpaired) electrons. The van der Waals surface area contributed by atoms with Crippen molar-refractivity contribution in [3.05, 3.63) is 84.7 Å². The van der Waals surface area contributed by atoms with Gasteiger partial charge in [0.15, 0.2) is 5.16 Å². The molecule has 0 atom stereocenters. The number of benzene rings is 2. The molecule has 26 heavy (non-hydrogen) atoms. The Labute approximate surface area is 154 Å². The Hall–Kier alpha value is -3.05. The van der Waals surface area contributed by atoms with Crippen LogP contribution < -0.4 is 0 Å². The summed E-state index contributed by atoms with van der Waals surface area (Å²) in [7, 11) is 0. The molecule has 5 heteroatoms. The van der Waals surface area contributed by atoms with E-state index in [1.165, 1.54) is 5.56 Å². The zero-order chi connectivity index (χ0) is 17.3. The van der Waals surface area contributed by atoms with Crippen molar-refractivity contribution < 1.29 is 0 Å². The Balaban J connectivity index is 1.46. The number of nitrogens with one attached hydrogen (secondary N) is 1. The van der Waals surface area contributed by atoms with Gasteiger partial charge in [-0.15, -0.1) is 0 Å². The molecule has 0 aliphatic heterocycles. The molecule has 1 N–H and O–H groups in total. The van der Waals surface area contributed by atoms with Crippen LogP contribution in [0.2, 0.25) is 0 Å². The van der Waals surface area contributed by atoms with Crippen LogP contribution in [0.4, 0.5) is 0 Å². The lowest BCUT2D eigenvalue weighted by Gasteiger charge is -2.01. The van der Waals surface area contributed by atoms with Gasteiger partial charge in [0.1, 0.15) is 5.65 Å². The van der Waals surface area contributed by atoms with E-state index < -0.39 is 0 Å². The molecule has 0 saturated heterocycles. The van der Waals surface area contributed by atoms with Crippen molar-refractivity contribution in [1.82, 2.24) is 19.4 Å². The van der Waals surface area contributed by atoms with Crippen LogP contribution in [0.25, 0.3) is 27.9 Å². The number of hydrogen-bond acceptors (Lipinski definition) is 3. The number of aromatic nitrogens is 4. The summed E-state index contributed by atoms with van der Waals surface area (Å²) in [6, 6.07) is 22.6. The number of rotatable bonds is 4. The van der Waals surface area contributed by atoms with Gasteiger partial charge < -0.3 is 9.38 Å². The number of pyridine rings is 1. The average Bonchev–Trinajstić information content (AvgIpc) is 3.31. The summed E-state index contributed by atoms with van der Waals surface area (Å²) in [6.07, 6.45) is 4.13. The van der Waals surface area contributed by atoms with E-state index in [-0.39, 0.29) is 0 Å². The summed E-state index contributed by atoms with van der Waals surface area (Å²) in [5.41, 5.74) is 6.38. The molecular formula is C21H16N4S. The molecule has 0 unspecified atom stereocenters. The van der Waals surface area contributed by atoms with E-state index >= 15 is 0 Å². The van der Waals surface area contributed by atoms with Crippen molar-refractivity contribution in [2.75, 3.05) is 0 Å². The predicted octanol–water partition coefficient (Wildman–Crippen LogP) is 5.17. The molecule has 4 nitrogen and oxygen atoms in total. The number of imidazole rings is 2. The van der Waals surface area contributed by atoms with Crippen LogP contribution in [-0.4, -0.2) is 19.4 Å². The highest BCUT2D eigenvalue weighted by atomic mass is 32.2. The Morgan fingerprint density at radius 2 is 1.73 bits per heavy atom. The Morgan fingerprint density at radius 1 is 0.885 bits per heavy atom. The van der Waals surface area contributed by atoms with Crippen molar-refractivity contribution in [3.8, 4) is 11.3 Å². The molecule has 3 aromatic heterocycles. The molecule has 0 saturated carbocycles. The summed E-state index contributed by atoms with van der Waals surface area (Å²) >= 11 is 1.70. The average molecular weight is 356 g/mol. The van der Waals surface area contributed by atoms with Gasteiger partial charge in [-0.25, -0.2) is 9.97 Å². The molecule has 0 amide bonds. The smallest absolute Gasteiger partial charge is 0.166 e. The van der Waals surface area contributed by atoms with Gasteiger partial charge in [0.05, 0.1) is 16.7 Å². The maximum Gasteiger partial charge on any atom is 0.166 e. The van der Waals surface area contributed by atoms with Gasteiger partial charge in [-0.1, -0.05) is 60.3 Å². The van der Waals surface area contributed by atoms with Gasteiger partial charge in [0.2, 0.25) is 0 Å². The number of thioether (sulfide) groups is 1. The zero-order valence-electron chi connectivity index (χ0n) is 14.0. The molecule has 0 aliphatic carbocycles. The van der Waals surface area contributed by atoms with E-state index in [0.717, 1.165) is 38.8 Å². The van der Waals surface area contributed by atoms with Crippen LogP contribution in [0.3, 0.4) is 0 Å². The first kappa shape index (κ1) is 15.2. The third-order valence-electron chi connectivity index (χ3n) is 4.37. The summed E-state index contributed by atoms with van der Waals surface area (Å²) in [6.45, 7) is 0. The van der Waals surface area contributed by atoms with Gasteiger partial charge in [0.25, 0.3) is 0 Å². The van der Waals surface area contributed by atoms with Crippen molar-refractivity contribution in [2.24, 2.45) is 0 Å². The fourth-order valence-electron chi connectivity index (χ4n) is 3.08. The normalized spacial score (nSPS) is 11.4. The van der Waals surface area contributed by atoms with Crippen LogP contribution in [0, 0.1) is 0 Å². The van der Waals surface area contributed by atoms with Crippen LogP contribution in [-0.2, 0) is 5.75 Å². The van der Waals surface area contributed by atoms with E-state index in [0.29, 0.717) is 0 Å². The third-order valence-corrected chi connectivity index (χ3v) is 5.29. The Kier molecular flexibility index (Phi) is 3.72. The first-order valence-electron chi connectivity index (χ1n) is 8.46. The second kappa shape index (κ2) is 6.35. The van der Waals surface area contributed by atoms with Crippen molar-refractivity contribution in [2.45, 2.75) is 10.9 Å². The number of nitrogens with zero attached hydrogens (tertiary/aromatic N) is 3. The SMILES string of the molecule is c1ccc(-c2cn3cccc(CSc4nc5ccccc5[nH]4)c3n2)cc1. The van der Waals surface area contributed by atoms with Gasteiger partial charge >= 0.3 is 0 Å². The third kappa shape index (κ3) is 2.76. The predicted molar refractivity (Wildman–Crippen MR) is 106 cm³/mol. The molecular weight excluding hydrogens is 340 g/mol. The molecule has 0 aliphatic rings. The van der Waals surface area contributed by atoms with E-state index in [1.807, 2.05) is 48.7 Å². The quantitative estimate of drug-likeness (QED) is 0.452. The molecule has 3 heterocycles. The molecule has 0 spiro atoms. The maximum absolute atomic E-state index is 4.86. The monoisotopic (exact) mass is 356 g/mol. The zero-order valence-corrected chi connectivity index (χ0v) is 14.8. The highest BCUT2D eigenvalue weighted by Crippen LogP contribution is 2.26. The number of fused-ring (bicyclic) bond motifs is 2. The van der Waals surface area contributed by atoms with Crippen LogP contribution in [0.15, 0.2) is 84.3 Å². The lowest BCUT2D eigenvalue weighted by Crippen LogP contribution is -1.90. The molecule has 0 fully saturated rings. The van der Waals surface area contributed by atoms with Gasteiger partial charge in [-0.2, -0.15) is 0 Å². The molecule has 2 aromatic carbocycles. The fourth-order valence-corrected chi connectivity index (χ4v) is 3.94. The van der Waals surface area contributed by atoms with E-state index in [1.54, 1.807) is 11.8 Å². The van der Waals surface area contributed by atoms with Crippen LogP contribution in [0.5, 0.6) is 0 Å². The molecule has 5 aromatic rings. The molecule has 5 rings (SSSR count). The largest absolute Gasteiger partial charge is 0.333 e. The van der Waals surface area contributed by atoms with Crippen molar-refractivity contribution in [1.29, 1.82) is 0 Å². The van der Waals surface area contributed by atoms with Crippen LogP contribution in [0.1, 0.15) is 5.56 Å². The lowest BCUT2D eigenvalue weighted by molar-refractivity contribution is 1.08. The first-order valence-corrected chi connectivity index (χ1v) is 9.45. The minimum atomic E-state index is 0.815. The van der Waals surface area contributed by atoms with Gasteiger partial charge in [0, 0.05) is 29.3 Å². The number of aromatic amines is 1. The summed E-state index contributed by atoms with van der Waals surface area (Å²) in [5.74, 6) is 0.815. The number of H-pyrrole nitrogens is 1. The minimum absolute atomic E-state index is 0.815. The van der Waals surface area contributed by atoms with Gasteiger partial charge in [-0.05, 0) is 18.2 Å². The topological polar surface area (TPSA) is 46.0 Å². The highest BCUT2D eigenvalue weighted by Gasteiger charge is 2.09. The summed E-state index contributed by atoms with van der Waals surface area (Å²) in [5, 5.41) is 0.933. The number of hydrogen-bond donors (Lipinski definition) is 1. The van der Waals surface area contributed by atoms with Crippen molar-refractivity contribution in [3.63, 3.8) is 0 Å². The fraction of sp³-hybridized carbons (Fsp3) is 0.0476. The maximum atomic E-state index is 4.86. The lowest BCUT2D eigenvalue weighted by atomic mass is 10.2. The van der Waals surface area contributed by atoms with Crippen LogP contribution >= 0.6 is 11.8 Å². The highest BCUT2D eigenvalue weighted by molar-refractivity contribution is 7.98.